The molecule has 0 aromatic carbocycles. The van der Waals surface area contributed by atoms with Gasteiger partial charge in [0.05, 0.1) is 0 Å². The van der Waals surface area contributed by atoms with Crippen LogP contribution in [-0.4, -0.2) is 9.79 Å². The molecule has 0 saturated heterocycles. The van der Waals surface area contributed by atoms with Crippen LogP contribution in [0.2, 0.25) is 0 Å². The van der Waals surface area contributed by atoms with Gasteiger partial charge in [-0.15, -0.1) is 0 Å². The van der Waals surface area contributed by atoms with E-state index in [2.05, 4.69) is 0 Å². The fraction of sp³-hybridized carbons (Fsp3) is 0. The largest absolute Gasteiger partial charge is 1.00 e. The van der Waals surface area contributed by atoms with Crippen molar-refractivity contribution in [3.8, 4) is 0 Å². The monoisotopic (exact) mass is 288 g/mol. The predicted octanol–water partition coefficient (Wildman–Crippen LogP) is -3.37. The number of rotatable bonds is 0. The van der Waals surface area contributed by atoms with Crippen molar-refractivity contribution in [1.29, 1.82) is 0 Å². The smallest absolute Gasteiger partial charge is 1.00 e. The Bertz CT molecular complexity index is 56.9. The van der Waals surface area contributed by atoms with Gasteiger partial charge in [-0.25, -0.2) is 0 Å². The van der Waals surface area contributed by atoms with E-state index in [1.807, 2.05) is 0 Å². The maximum atomic E-state index is 9.36. The first-order valence-electron chi connectivity index (χ1n) is 0.765. The molecule has 0 saturated carbocycles. The molecular formula is H2NaO3PW. The van der Waals surface area contributed by atoms with Crippen LogP contribution >= 0.6 is 5.69 Å². The molecule has 0 aromatic rings. The third-order valence-corrected chi connectivity index (χ3v) is 0. The molecule has 32 valence electrons. The van der Waals surface area contributed by atoms with E-state index in [-0.39, 0.29) is 29.6 Å². The van der Waals surface area contributed by atoms with Crippen molar-refractivity contribution in [2.24, 2.45) is 0 Å². The van der Waals surface area contributed by atoms with E-state index in [9.17, 15) is 4.57 Å². The minimum Gasteiger partial charge on any atom is 1.00 e. The molecule has 0 aromatic heterocycles. The molecule has 0 rings (SSSR count). The van der Waals surface area contributed by atoms with Crippen LogP contribution in [0.25, 0.3) is 0 Å². The average molecular weight is 288 g/mol. The van der Waals surface area contributed by atoms with Gasteiger partial charge in [0.1, 0.15) is 0 Å². The molecule has 0 aliphatic carbocycles. The van der Waals surface area contributed by atoms with Gasteiger partial charge in [0.15, 0.2) is 0 Å². The summed E-state index contributed by atoms with van der Waals surface area (Å²) in [4.78, 5) is 15.3. The average Bonchev–Trinajstić information content (AvgIpc) is 0.722. The summed E-state index contributed by atoms with van der Waals surface area (Å²) in [5.74, 6) is 0. The maximum absolute atomic E-state index is 9.36. The summed E-state index contributed by atoms with van der Waals surface area (Å²) in [7, 11) is 0. The quantitative estimate of drug-likeness (QED) is 0.361. The molecule has 6 heteroatoms. The zero-order valence-electron chi connectivity index (χ0n) is 3.16. The van der Waals surface area contributed by atoms with Gasteiger partial charge in [0.2, 0.25) is 0 Å². The van der Waals surface area contributed by atoms with E-state index < -0.39 is 5.69 Å². The Morgan fingerprint density at radius 3 is 1.50 bits per heavy atom. The van der Waals surface area contributed by atoms with E-state index in [1.54, 1.807) is 0 Å². The minimum absolute atomic E-state index is 0. The standard InChI is InChI=1S/Na.HO3P.W/c;1-4(2)3;/h;(H-,1,2,3);/q+1;;-2/p+1. The van der Waals surface area contributed by atoms with Crippen molar-refractivity contribution in [2.75, 3.05) is 0 Å². The third kappa shape index (κ3) is 40.4. The van der Waals surface area contributed by atoms with Gasteiger partial charge in [-0.05, 0) is 0 Å². The SMILES string of the molecule is O=[P](O)(O)[W-].[Na+]. The van der Waals surface area contributed by atoms with Crippen LogP contribution in [0, 0.1) is 0 Å². The Balaban J connectivity index is 0. The van der Waals surface area contributed by atoms with Crippen LogP contribution in [0.15, 0.2) is 0 Å². The van der Waals surface area contributed by atoms with Gasteiger partial charge < -0.3 is 0 Å². The topological polar surface area (TPSA) is 57.5 Å². The van der Waals surface area contributed by atoms with Crippen molar-refractivity contribution >= 4 is 5.69 Å². The Morgan fingerprint density at radius 2 is 1.50 bits per heavy atom. The molecule has 0 unspecified atom stereocenters. The first kappa shape index (κ1) is 10.8. The summed E-state index contributed by atoms with van der Waals surface area (Å²) in [6.45, 7) is 0. The Hall–Kier alpha value is 1.84. The molecule has 3 nitrogen and oxygen atoms in total. The zero-order valence-corrected chi connectivity index (χ0v) is 8.99. The molecule has 0 amide bonds. The number of hydrogen-bond donors (Lipinski definition) is 2. The summed E-state index contributed by atoms with van der Waals surface area (Å²) < 4.78 is 9.36. The molecule has 6 heavy (non-hydrogen) atoms. The molecule has 0 heterocycles. The van der Waals surface area contributed by atoms with Crippen molar-refractivity contribution in [1.82, 2.24) is 0 Å². The molecule has 0 aliphatic heterocycles. The summed E-state index contributed by atoms with van der Waals surface area (Å²) in [6, 6.07) is 0. The van der Waals surface area contributed by atoms with Crippen LogP contribution in [0.1, 0.15) is 0 Å². The van der Waals surface area contributed by atoms with Gasteiger partial charge in [-0.3, -0.25) is 0 Å². The van der Waals surface area contributed by atoms with Crippen molar-refractivity contribution in [3.05, 3.63) is 0 Å². The molecule has 0 radical (unpaired) electrons. The third-order valence-electron chi connectivity index (χ3n) is 0. The molecular weight excluding hydrogens is 286 g/mol. The normalized spacial score (nSPS) is 9.83. The van der Waals surface area contributed by atoms with E-state index in [0.29, 0.717) is 19.3 Å². The zero-order chi connectivity index (χ0) is 4.50. The maximum Gasteiger partial charge on any atom is 1.00 e. The van der Waals surface area contributed by atoms with Crippen LogP contribution in [0.3, 0.4) is 0 Å². The van der Waals surface area contributed by atoms with Crippen LogP contribution < -0.4 is 29.6 Å². The van der Waals surface area contributed by atoms with Crippen LogP contribution in [-0.2, 0) is 23.9 Å². The molecule has 2 N–H and O–H groups in total. The second-order valence-electron chi connectivity index (χ2n) is 0.491. The number of hydrogen-bond acceptors (Lipinski definition) is 1. The Labute approximate surface area is 68.3 Å². The summed E-state index contributed by atoms with van der Waals surface area (Å²) in [6.07, 6.45) is 0. The second-order valence-corrected chi connectivity index (χ2v) is 6.60. The molecule has 0 atom stereocenters. The van der Waals surface area contributed by atoms with Crippen molar-refractivity contribution in [3.63, 3.8) is 0 Å². The van der Waals surface area contributed by atoms with Crippen molar-refractivity contribution < 1.29 is 63.2 Å². The van der Waals surface area contributed by atoms with Gasteiger partial charge in [0.25, 0.3) is 0 Å². The van der Waals surface area contributed by atoms with E-state index in [0.717, 1.165) is 0 Å². The van der Waals surface area contributed by atoms with Gasteiger partial charge in [0, 0.05) is 0 Å². The van der Waals surface area contributed by atoms with Gasteiger partial charge in [-0.2, -0.15) is 0 Å². The first-order chi connectivity index (χ1) is 2.00. The van der Waals surface area contributed by atoms with E-state index in [4.69, 9.17) is 9.79 Å². The van der Waals surface area contributed by atoms with Gasteiger partial charge >= 0.3 is 68.9 Å². The second kappa shape index (κ2) is 3.79. The summed E-state index contributed by atoms with van der Waals surface area (Å²) >= 11 is 0.326. The van der Waals surface area contributed by atoms with Crippen LogP contribution in [0.4, 0.5) is 0 Å². The fourth-order valence-corrected chi connectivity index (χ4v) is 0. The minimum atomic E-state index is -3.56. The predicted molar refractivity (Wildman–Crippen MR) is 12.0 cm³/mol. The van der Waals surface area contributed by atoms with Crippen LogP contribution in [0.5, 0.6) is 0 Å². The summed E-state index contributed by atoms with van der Waals surface area (Å²) in [5.41, 5.74) is -3.56. The summed E-state index contributed by atoms with van der Waals surface area (Å²) in [5, 5.41) is 0. The first-order valence-corrected chi connectivity index (χ1v) is 6.23. The molecule has 0 bridgehead atoms. The molecule has 0 spiro atoms. The fourth-order valence-electron chi connectivity index (χ4n) is 0. The van der Waals surface area contributed by atoms with E-state index >= 15 is 0 Å². The van der Waals surface area contributed by atoms with Crippen molar-refractivity contribution in [2.45, 2.75) is 0 Å². The Morgan fingerprint density at radius 1 is 1.50 bits per heavy atom. The molecule has 0 fully saturated rings. The van der Waals surface area contributed by atoms with Gasteiger partial charge in [-0.1, -0.05) is 0 Å². The van der Waals surface area contributed by atoms with E-state index in [1.165, 1.54) is 0 Å². The molecule has 0 aliphatic rings. The Kier molecular flexibility index (Phi) is 6.80.